The number of ether oxygens (including phenoxy) is 2. The van der Waals surface area contributed by atoms with Crippen molar-refractivity contribution >= 4 is 27.8 Å². The van der Waals surface area contributed by atoms with Crippen molar-refractivity contribution < 1.29 is 22.7 Å². The van der Waals surface area contributed by atoms with Gasteiger partial charge in [-0.3, -0.25) is 9.10 Å². The number of amides is 1. The van der Waals surface area contributed by atoms with Gasteiger partial charge in [-0.2, -0.15) is 5.10 Å². The molecule has 3 rings (SSSR count). The van der Waals surface area contributed by atoms with E-state index in [1.165, 1.54) is 32.6 Å². The van der Waals surface area contributed by atoms with Crippen LogP contribution in [0.25, 0.3) is 0 Å². The fraction of sp³-hybridized carbons (Fsp3) is 0.130. The summed E-state index contributed by atoms with van der Waals surface area (Å²) in [6.07, 6.45) is 1.43. The van der Waals surface area contributed by atoms with Gasteiger partial charge < -0.3 is 9.47 Å². The van der Waals surface area contributed by atoms with Crippen molar-refractivity contribution in [1.82, 2.24) is 5.43 Å². The van der Waals surface area contributed by atoms with Crippen LogP contribution in [-0.4, -0.2) is 41.3 Å². The molecule has 0 radical (unpaired) electrons. The molecule has 3 aromatic rings. The van der Waals surface area contributed by atoms with Gasteiger partial charge in [0.2, 0.25) is 0 Å². The number of hydrogen-bond donors (Lipinski definition) is 1. The molecule has 0 fully saturated rings. The van der Waals surface area contributed by atoms with Crippen molar-refractivity contribution in [3.05, 3.63) is 84.4 Å². The maximum absolute atomic E-state index is 13.3. The third kappa shape index (κ3) is 5.44. The maximum atomic E-state index is 13.3. The number of methoxy groups -OCH3 is 2. The van der Waals surface area contributed by atoms with Gasteiger partial charge in [0, 0.05) is 5.56 Å². The lowest BCUT2D eigenvalue weighted by Gasteiger charge is -2.23. The predicted molar refractivity (Wildman–Crippen MR) is 123 cm³/mol. The first-order valence-electron chi connectivity index (χ1n) is 9.62. The molecule has 0 bridgehead atoms. The van der Waals surface area contributed by atoms with Crippen LogP contribution in [0.3, 0.4) is 0 Å². The fourth-order valence-electron chi connectivity index (χ4n) is 2.90. The lowest BCUT2D eigenvalue weighted by molar-refractivity contribution is -0.119. The van der Waals surface area contributed by atoms with Crippen LogP contribution < -0.4 is 19.2 Å². The highest BCUT2D eigenvalue weighted by Crippen LogP contribution is 2.24. The first-order chi connectivity index (χ1) is 15.5. The Kier molecular flexibility index (Phi) is 7.45. The van der Waals surface area contributed by atoms with Crippen molar-refractivity contribution in [3.63, 3.8) is 0 Å². The Labute approximate surface area is 187 Å². The fourth-order valence-corrected chi connectivity index (χ4v) is 4.32. The van der Waals surface area contributed by atoms with Gasteiger partial charge in [-0.15, -0.1) is 0 Å². The number of nitrogens with zero attached hydrogens (tertiary/aromatic N) is 2. The lowest BCUT2D eigenvalue weighted by Crippen LogP contribution is -2.39. The first-order valence-corrected chi connectivity index (χ1v) is 11.1. The molecule has 0 aliphatic rings. The molecule has 9 heteroatoms. The van der Waals surface area contributed by atoms with Crippen molar-refractivity contribution in [2.75, 3.05) is 25.1 Å². The van der Waals surface area contributed by atoms with Gasteiger partial charge in [-0.05, 0) is 48.5 Å². The number of rotatable bonds is 9. The number of benzene rings is 3. The molecule has 0 saturated carbocycles. The zero-order chi connectivity index (χ0) is 23.0. The molecule has 1 amide bonds. The zero-order valence-corrected chi connectivity index (χ0v) is 18.5. The lowest BCUT2D eigenvalue weighted by atomic mass is 10.2. The van der Waals surface area contributed by atoms with E-state index in [-0.39, 0.29) is 4.90 Å². The third-order valence-corrected chi connectivity index (χ3v) is 6.30. The Bertz CT molecular complexity index is 1180. The van der Waals surface area contributed by atoms with Gasteiger partial charge in [-0.1, -0.05) is 30.3 Å². The molecule has 166 valence electrons. The highest BCUT2D eigenvalue weighted by Gasteiger charge is 2.27. The SMILES string of the molecule is COc1ccc(S(=O)(=O)N(CC(=O)NN=Cc2ccccc2OC)c2ccccc2)cc1. The topological polar surface area (TPSA) is 97.3 Å². The second-order valence-electron chi connectivity index (χ2n) is 6.56. The molecule has 0 aromatic heterocycles. The number of carbonyl (C=O) groups excluding carboxylic acids is 1. The van der Waals surface area contributed by atoms with Crippen molar-refractivity contribution in [2.24, 2.45) is 5.10 Å². The highest BCUT2D eigenvalue weighted by molar-refractivity contribution is 7.92. The molecule has 1 N–H and O–H groups in total. The standard InChI is InChI=1S/C23H23N3O5S/c1-30-20-12-14-21(15-13-20)32(28,29)26(19-9-4-3-5-10-19)17-23(27)25-24-16-18-8-6-7-11-22(18)31-2/h3-16H,17H2,1-2H3,(H,25,27). The number of para-hydroxylation sites is 2. The van der Waals surface area contributed by atoms with E-state index < -0.39 is 22.5 Å². The molecule has 0 heterocycles. The Morgan fingerprint density at radius 2 is 1.59 bits per heavy atom. The molecule has 0 aliphatic carbocycles. The summed E-state index contributed by atoms with van der Waals surface area (Å²) in [5, 5.41) is 3.93. The van der Waals surface area contributed by atoms with E-state index in [0.29, 0.717) is 22.7 Å². The molecule has 8 nitrogen and oxygen atoms in total. The molecule has 0 unspecified atom stereocenters. The molecular weight excluding hydrogens is 430 g/mol. The predicted octanol–water partition coefficient (Wildman–Crippen LogP) is 3.05. The monoisotopic (exact) mass is 453 g/mol. The average molecular weight is 454 g/mol. The quantitative estimate of drug-likeness (QED) is 0.397. The number of sulfonamides is 1. The van der Waals surface area contributed by atoms with Gasteiger partial charge in [0.15, 0.2) is 0 Å². The summed E-state index contributed by atoms with van der Waals surface area (Å²) in [6, 6.07) is 21.5. The molecule has 0 spiro atoms. The van der Waals surface area contributed by atoms with Crippen LogP contribution >= 0.6 is 0 Å². The minimum Gasteiger partial charge on any atom is -0.497 e. The number of carbonyl (C=O) groups is 1. The number of hydrazone groups is 1. The average Bonchev–Trinajstić information content (AvgIpc) is 2.83. The Hall–Kier alpha value is -3.85. The van der Waals surface area contributed by atoms with Crippen molar-refractivity contribution in [2.45, 2.75) is 4.90 Å². The van der Waals surface area contributed by atoms with Crippen LogP contribution in [0.15, 0.2) is 88.9 Å². The number of anilines is 1. The summed E-state index contributed by atoms with van der Waals surface area (Å²) in [6.45, 7) is -0.457. The summed E-state index contributed by atoms with van der Waals surface area (Å²) in [5.74, 6) is 0.522. The molecule has 0 aliphatic heterocycles. The molecule has 0 saturated heterocycles. The van der Waals surface area contributed by atoms with E-state index >= 15 is 0 Å². The summed E-state index contributed by atoms with van der Waals surface area (Å²) >= 11 is 0. The Morgan fingerprint density at radius 1 is 0.938 bits per heavy atom. The van der Waals surface area contributed by atoms with Crippen LogP contribution in [0.2, 0.25) is 0 Å². The molecule has 32 heavy (non-hydrogen) atoms. The van der Waals surface area contributed by atoms with Crippen LogP contribution in [0.4, 0.5) is 5.69 Å². The summed E-state index contributed by atoms with van der Waals surface area (Å²) in [4.78, 5) is 12.6. The van der Waals surface area contributed by atoms with Crippen LogP contribution in [-0.2, 0) is 14.8 Å². The number of hydrogen-bond acceptors (Lipinski definition) is 6. The van der Waals surface area contributed by atoms with Gasteiger partial charge in [0.05, 0.1) is 31.0 Å². The smallest absolute Gasteiger partial charge is 0.264 e. The van der Waals surface area contributed by atoms with Crippen molar-refractivity contribution in [3.8, 4) is 11.5 Å². The molecule has 3 aromatic carbocycles. The normalized spacial score (nSPS) is 11.2. The minimum atomic E-state index is -4.02. The van der Waals surface area contributed by atoms with E-state index in [1.54, 1.807) is 54.6 Å². The highest BCUT2D eigenvalue weighted by atomic mass is 32.2. The van der Waals surface area contributed by atoms with E-state index in [2.05, 4.69) is 10.5 Å². The van der Waals surface area contributed by atoms with Gasteiger partial charge in [-0.25, -0.2) is 13.8 Å². The molecule has 0 atom stereocenters. The Morgan fingerprint density at radius 3 is 2.25 bits per heavy atom. The first kappa shape index (κ1) is 22.8. The van der Waals surface area contributed by atoms with Crippen LogP contribution in [0.1, 0.15) is 5.56 Å². The molecular formula is C23H23N3O5S. The zero-order valence-electron chi connectivity index (χ0n) is 17.6. The second-order valence-corrected chi connectivity index (χ2v) is 8.42. The van der Waals surface area contributed by atoms with E-state index in [4.69, 9.17) is 9.47 Å². The van der Waals surface area contributed by atoms with Crippen molar-refractivity contribution in [1.29, 1.82) is 0 Å². The number of nitrogens with one attached hydrogen (secondary N) is 1. The van der Waals surface area contributed by atoms with Gasteiger partial charge in [0.1, 0.15) is 18.0 Å². The summed E-state index contributed by atoms with van der Waals surface area (Å²) < 4.78 is 38.0. The van der Waals surface area contributed by atoms with E-state index in [0.717, 1.165) is 4.31 Å². The largest absolute Gasteiger partial charge is 0.497 e. The summed E-state index contributed by atoms with van der Waals surface area (Å²) in [5.41, 5.74) is 3.39. The van der Waals surface area contributed by atoms with Gasteiger partial charge >= 0.3 is 0 Å². The maximum Gasteiger partial charge on any atom is 0.264 e. The van der Waals surface area contributed by atoms with Crippen LogP contribution in [0, 0.1) is 0 Å². The Balaban J connectivity index is 1.82. The second kappa shape index (κ2) is 10.5. The van der Waals surface area contributed by atoms with E-state index in [9.17, 15) is 13.2 Å². The van der Waals surface area contributed by atoms with E-state index in [1.807, 2.05) is 12.1 Å². The van der Waals surface area contributed by atoms with Crippen LogP contribution in [0.5, 0.6) is 11.5 Å². The summed E-state index contributed by atoms with van der Waals surface area (Å²) in [7, 11) is -0.987. The minimum absolute atomic E-state index is 0.0347. The van der Waals surface area contributed by atoms with Gasteiger partial charge in [0.25, 0.3) is 15.9 Å². The third-order valence-electron chi connectivity index (χ3n) is 4.51.